The van der Waals surface area contributed by atoms with Crippen LogP contribution in [0.5, 0.6) is 0 Å². The molecule has 1 aromatic heterocycles. The molecule has 1 aliphatic rings. The molecule has 2 heterocycles. The van der Waals surface area contributed by atoms with Crippen LogP contribution < -0.4 is 4.90 Å². The first-order chi connectivity index (χ1) is 7.20. The zero-order chi connectivity index (χ0) is 10.8. The Morgan fingerprint density at radius 2 is 2.07 bits per heavy atom. The molecule has 0 amide bonds. The molecule has 1 aromatic rings. The summed E-state index contributed by atoms with van der Waals surface area (Å²) in [5.41, 5.74) is 0. The van der Waals surface area contributed by atoms with E-state index in [9.17, 15) is 4.79 Å². The van der Waals surface area contributed by atoms with Crippen LogP contribution in [0.2, 0.25) is 5.15 Å². The van der Waals surface area contributed by atoms with Gasteiger partial charge in [-0.15, -0.1) is 0 Å². The Morgan fingerprint density at radius 1 is 1.40 bits per heavy atom. The number of anilines is 1. The van der Waals surface area contributed by atoms with Gasteiger partial charge >= 0.3 is 0 Å². The molecule has 0 aliphatic carbocycles. The Kier molecular flexibility index (Phi) is 3.23. The van der Waals surface area contributed by atoms with Gasteiger partial charge in [0.25, 0.3) is 0 Å². The molecule has 1 aliphatic heterocycles. The quantitative estimate of drug-likeness (QED) is 0.738. The summed E-state index contributed by atoms with van der Waals surface area (Å²) in [6.45, 7) is 3.93. The molecule has 2 rings (SSSR count). The topological polar surface area (TPSA) is 36.4 Å². The van der Waals surface area contributed by atoms with Gasteiger partial charge in [0.15, 0.2) is 16.6 Å². The molecule has 82 valence electrons. The van der Waals surface area contributed by atoms with Crippen LogP contribution in [-0.4, -0.2) is 49.4 Å². The Labute approximate surface area is 97.5 Å². The lowest BCUT2D eigenvalue weighted by Crippen LogP contribution is -2.44. The third-order valence-corrected chi connectivity index (χ3v) is 3.92. The number of thiazole rings is 1. The number of aldehydes is 1. The predicted octanol–water partition coefficient (Wildman–Crippen LogP) is 1.36. The van der Waals surface area contributed by atoms with Crippen molar-refractivity contribution in [3.63, 3.8) is 0 Å². The van der Waals surface area contributed by atoms with E-state index in [2.05, 4.69) is 21.8 Å². The summed E-state index contributed by atoms with van der Waals surface area (Å²) >= 11 is 7.19. The van der Waals surface area contributed by atoms with Crippen LogP contribution in [0.4, 0.5) is 5.13 Å². The van der Waals surface area contributed by atoms with Crippen LogP contribution in [0.15, 0.2) is 0 Å². The van der Waals surface area contributed by atoms with E-state index in [1.807, 2.05) is 0 Å². The fourth-order valence-electron chi connectivity index (χ4n) is 1.51. The molecule has 1 saturated heterocycles. The van der Waals surface area contributed by atoms with Crippen molar-refractivity contribution in [2.75, 3.05) is 38.1 Å². The second-order valence-corrected chi connectivity index (χ2v) is 4.93. The minimum absolute atomic E-state index is 0.323. The van der Waals surface area contributed by atoms with E-state index in [0.717, 1.165) is 37.6 Å². The van der Waals surface area contributed by atoms with Crippen LogP contribution in [0, 0.1) is 0 Å². The van der Waals surface area contributed by atoms with Crippen LogP contribution >= 0.6 is 22.9 Å². The third-order valence-electron chi connectivity index (χ3n) is 2.48. The maximum absolute atomic E-state index is 10.6. The molecule has 1 fully saturated rings. The lowest BCUT2D eigenvalue weighted by atomic mass is 10.3. The molecule has 0 radical (unpaired) electrons. The number of hydrogen-bond acceptors (Lipinski definition) is 5. The lowest BCUT2D eigenvalue weighted by molar-refractivity contribution is 0.112. The number of likely N-dealkylation sites (N-methyl/N-ethyl adjacent to an activating group) is 1. The number of aromatic nitrogens is 1. The number of nitrogens with zero attached hydrogens (tertiary/aromatic N) is 3. The Balaban J connectivity index is 2.12. The summed E-state index contributed by atoms with van der Waals surface area (Å²) in [7, 11) is 2.10. The fraction of sp³-hybridized carbons (Fsp3) is 0.556. The smallest absolute Gasteiger partial charge is 0.187 e. The summed E-state index contributed by atoms with van der Waals surface area (Å²) in [4.78, 5) is 19.8. The SMILES string of the molecule is CN1CCN(c2nc(Cl)c(C=O)s2)CC1. The molecular weight excluding hydrogens is 234 g/mol. The number of halogens is 1. The molecule has 0 bridgehead atoms. The Morgan fingerprint density at radius 3 is 2.60 bits per heavy atom. The number of rotatable bonds is 2. The van der Waals surface area contributed by atoms with Crippen LogP contribution in [-0.2, 0) is 0 Å². The van der Waals surface area contributed by atoms with Gasteiger partial charge in [0.1, 0.15) is 4.88 Å². The van der Waals surface area contributed by atoms with Gasteiger partial charge in [-0.05, 0) is 7.05 Å². The fourth-order valence-corrected chi connectivity index (χ4v) is 2.62. The second-order valence-electron chi connectivity index (χ2n) is 3.56. The lowest BCUT2D eigenvalue weighted by Gasteiger charge is -2.31. The highest BCUT2D eigenvalue weighted by Gasteiger charge is 2.18. The van der Waals surface area contributed by atoms with Crippen molar-refractivity contribution in [2.24, 2.45) is 0 Å². The zero-order valence-corrected chi connectivity index (χ0v) is 10.0. The van der Waals surface area contributed by atoms with Crippen molar-refractivity contribution in [3.05, 3.63) is 10.0 Å². The van der Waals surface area contributed by atoms with Crippen LogP contribution in [0.3, 0.4) is 0 Å². The number of carbonyl (C=O) groups excluding carboxylic acids is 1. The van der Waals surface area contributed by atoms with Crippen molar-refractivity contribution in [3.8, 4) is 0 Å². The highest BCUT2D eigenvalue weighted by Crippen LogP contribution is 2.28. The summed E-state index contributed by atoms with van der Waals surface area (Å²) < 4.78 is 0. The zero-order valence-electron chi connectivity index (χ0n) is 8.44. The maximum atomic E-state index is 10.6. The van der Waals surface area contributed by atoms with E-state index in [4.69, 9.17) is 11.6 Å². The Hall–Kier alpha value is -0.650. The summed E-state index contributed by atoms with van der Waals surface area (Å²) in [5, 5.41) is 1.18. The van der Waals surface area contributed by atoms with Gasteiger partial charge in [0.05, 0.1) is 0 Å². The molecule has 15 heavy (non-hydrogen) atoms. The highest BCUT2D eigenvalue weighted by atomic mass is 35.5. The van der Waals surface area contributed by atoms with E-state index < -0.39 is 0 Å². The van der Waals surface area contributed by atoms with Crippen molar-refractivity contribution in [2.45, 2.75) is 0 Å². The molecule has 0 N–H and O–H groups in total. The minimum atomic E-state index is 0.323. The largest absolute Gasteiger partial charge is 0.345 e. The minimum Gasteiger partial charge on any atom is -0.345 e. The van der Waals surface area contributed by atoms with Gasteiger partial charge in [0.2, 0.25) is 0 Å². The van der Waals surface area contributed by atoms with E-state index in [0.29, 0.717) is 10.0 Å². The molecule has 0 unspecified atom stereocenters. The molecule has 0 atom stereocenters. The highest BCUT2D eigenvalue weighted by molar-refractivity contribution is 7.17. The van der Waals surface area contributed by atoms with Gasteiger partial charge in [-0.2, -0.15) is 0 Å². The van der Waals surface area contributed by atoms with Crippen molar-refractivity contribution >= 4 is 34.4 Å². The van der Waals surface area contributed by atoms with Gasteiger partial charge in [0, 0.05) is 26.2 Å². The Bertz CT molecular complexity index is 360. The second kappa shape index (κ2) is 4.47. The van der Waals surface area contributed by atoms with E-state index in [-0.39, 0.29) is 0 Å². The van der Waals surface area contributed by atoms with Gasteiger partial charge in [-0.3, -0.25) is 4.79 Å². The predicted molar refractivity (Wildman–Crippen MR) is 62.2 cm³/mol. The third kappa shape index (κ3) is 2.30. The average molecular weight is 246 g/mol. The number of hydrogen-bond donors (Lipinski definition) is 0. The molecule has 4 nitrogen and oxygen atoms in total. The van der Waals surface area contributed by atoms with E-state index in [1.165, 1.54) is 11.3 Å². The summed E-state index contributed by atoms with van der Waals surface area (Å²) in [6, 6.07) is 0. The maximum Gasteiger partial charge on any atom is 0.187 e. The summed E-state index contributed by atoms with van der Waals surface area (Å²) in [5.74, 6) is 0. The first kappa shape index (κ1) is 10.9. The van der Waals surface area contributed by atoms with Crippen molar-refractivity contribution in [1.82, 2.24) is 9.88 Å². The van der Waals surface area contributed by atoms with E-state index >= 15 is 0 Å². The number of piperazine rings is 1. The molecule has 0 aromatic carbocycles. The molecule has 6 heteroatoms. The van der Waals surface area contributed by atoms with Crippen LogP contribution in [0.1, 0.15) is 9.67 Å². The average Bonchev–Trinajstić information content (AvgIpc) is 2.61. The van der Waals surface area contributed by atoms with Crippen molar-refractivity contribution in [1.29, 1.82) is 0 Å². The summed E-state index contributed by atoms with van der Waals surface area (Å²) in [6.07, 6.45) is 0.763. The molecular formula is C9H12ClN3OS. The standard InChI is InChI=1S/C9H12ClN3OS/c1-12-2-4-13(5-3-12)9-11-8(10)7(6-14)15-9/h6H,2-5H2,1H3. The normalized spacial score (nSPS) is 18.1. The van der Waals surface area contributed by atoms with Gasteiger partial charge in [-0.1, -0.05) is 22.9 Å². The molecule has 0 spiro atoms. The first-order valence-corrected chi connectivity index (χ1v) is 5.95. The van der Waals surface area contributed by atoms with E-state index in [1.54, 1.807) is 0 Å². The monoisotopic (exact) mass is 245 g/mol. The molecule has 0 saturated carbocycles. The van der Waals surface area contributed by atoms with Crippen LogP contribution in [0.25, 0.3) is 0 Å². The van der Waals surface area contributed by atoms with Gasteiger partial charge in [-0.25, -0.2) is 4.98 Å². The van der Waals surface area contributed by atoms with Crippen molar-refractivity contribution < 1.29 is 4.79 Å². The first-order valence-electron chi connectivity index (χ1n) is 4.75. The number of carbonyl (C=O) groups is 1. The van der Waals surface area contributed by atoms with Gasteiger partial charge < -0.3 is 9.80 Å².